The Labute approximate surface area is 190 Å². The zero-order valence-corrected chi connectivity index (χ0v) is 19.1. The maximum absolute atomic E-state index is 12.6. The highest BCUT2D eigenvalue weighted by Crippen LogP contribution is 2.23. The molecule has 4 rings (SSSR count). The summed E-state index contributed by atoms with van der Waals surface area (Å²) in [5.74, 6) is -0.0843. The van der Waals surface area contributed by atoms with E-state index < -0.39 is 0 Å². The number of rotatable bonds is 8. The largest absolute Gasteiger partial charge is 0.345 e. The Morgan fingerprint density at radius 3 is 2.47 bits per heavy atom. The van der Waals surface area contributed by atoms with Crippen LogP contribution < -0.4 is 5.32 Å². The SMILES string of the molecule is Cc1cc2cc(Cc3cccc(C(=O)Nc4ccccc4)c3)ccc2n1CCCN(C)C. The number of benzene rings is 3. The molecular formula is C28H31N3O. The number of hydrogen-bond donors (Lipinski definition) is 1. The second-order valence-corrected chi connectivity index (χ2v) is 8.68. The maximum Gasteiger partial charge on any atom is 0.255 e. The number of carbonyl (C=O) groups excluding carboxylic acids is 1. The van der Waals surface area contributed by atoms with Crippen molar-refractivity contribution < 1.29 is 4.79 Å². The van der Waals surface area contributed by atoms with E-state index in [4.69, 9.17) is 0 Å². The molecule has 0 aliphatic heterocycles. The molecule has 4 aromatic rings. The van der Waals surface area contributed by atoms with Gasteiger partial charge in [0.2, 0.25) is 0 Å². The Balaban J connectivity index is 1.48. The number of nitrogens with zero attached hydrogens (tertiary/aromatic N) is 2. The lowest BCUT2D eigenvalue weighted by Gasteiger charge is -2.12. The summed E-state index contributed by atoms with van der Waals surface area (Å²) in [6.07, 6.45) is 1.93. The van der Waals surface area contributed by atoms with Crippen molar-refractivity contribution in [1.29, 1.82) is 0 Å². The van der Waals surface area contributed by atoms with E-state index in [0.29, 0.717) is 5.56 Å². The summed E-state index contributed by atoms with van der Waals surface area (Å²) < 4.78 is 2.41. The monoisotopic (exact) mass is 425 g/mol. The van der Waals surface area contributed by atoms with Crippen molar-refractivity contribution in [3.8, 4) is 0 Å². The molecule has 1 heterocycles. The van der Waals surface area contributed by atoms with Gasteiger partial charge in [0.15, 0.2) is 0 Å². The number of hydrogen-bond acceptors (Lipinski definition) is 2. The molecule has 0 aliphatic rings. The summed E-state index contributed by atoms with van der Waals surface area (Å²) >= 11 is 0. The summed E-state index contributed by atoms with van der Waals surface area (Å²) in [5, 5.41) is 4.24. The predicted molar refractivity (Wildman–Crippen MR) is 133 cm³/mol. The summed E-state index contributed by atoms with van der Waals surface area (Å²) in [7, 11) is 4.24. The van der Waals surface area contributed by atoms with Gasteiger partial charge in [-0.2, -0.15) is 0 Å². The van der Waals surface area contributed by atoms with Crippen LogP contribution in [0.5, 0.6) is 0 Å². The number of fused-ring (bicyclic) bond motifs is 1. The number of amides is 1. The topological polar surface area (TPSA) is 37.3 Å². The van der Waals surface area contributed by atoms with Crippen molar-refractivity contribution in [2.24, 2.45) is 0 Å². The molecule has 0 saturated carbocycles. The molecule has 0 saturated heterocycles. The van der Waals surface area contributed by atoms with Crippen molar-refractivity contribution in [1.82, 2.24) is 9.47 Å². The highest BCUT2D eigenvalue weighted by atomic mass is 16.1. The van der Waals surface area contributed by atoms with E-state index in [2.05, 4.69) is 66.1 Å². The smallest absolute Gasteiger partial charge is 0.255 e. The van der Waals surface area contributed by atoms with Gasteiger partial charge in [-0.15, -0.1) is 0 Å². The van der Waals surface area contributed by atoms with Crippen LogP contribution in [0.25, 0.3) is 10.9 Å². The molecule has 0 aliphatic carbocycles. The minimum atomic E-state index is -0.0843. The molecule has 3 aromatic carbocycles. The molecule has 0 radical (unpaired) electrons. The Morgan fingerprint density at radius 1 is 0.906 bits per heavy atom. The van der Waals surface area contributed by atoms with Gasteiger partial charge in [0.25, 0.3) is 5.91 Å². The minimum Gasteiger partial charge on any atom is -0.345 e. The Morgan fingerprint density at radius 2 is 1.69 bits per heavy atom. The molecule has 1 amide bonds. The molecule has 0 spiro atoms. The third kappa shape index (κ3) is 5.27. The fourth-order valence-electron chi connectivity index (χ4n) is 4.19. The number of carbonyl (C=O) groups is 1. The van der Waals surface area contributed by atoms with E-state index in [1.54, 1.807) is 0 Å². The second kappa shape index (κ2) is 9.84. The van der Waals surface area contributed by atoms with Crippen molar-refractivity contribution in [3.05, 3.63) is 101 Å². The van der Waals surface area contributed by atoms with Gasteiger partial charge < -0.3 is 14.8 Å². The zero-order chi connectivity index (χ0) is 22.5. The molecule has 1 N–H and O–H groups in total. The van der Waals surface area contributed by atoms with E-state index in [9.17, 15) is 4.79 Å². The predicted octanol–water partition coefficient (Wildman–Crippen LogP) is 5.74. The van der Waals surface area contributed by atoms with Crippen LogP contribution in [-0.4, -0.2) is 36.0 Å². The lowest BCUT2D eigenvalue weighted by Crippen LogP contribution is -2.15. The van der Waals surface area contributed by atoms with Crippen LogP contribution in [0.2, 0.25) is 0 Å². The first-order chi connectivity index (χ1) is 15.5. The summed E-state index contributed by atoms with van der Waals surface area (Å²) in [6, 6.07) is 26.4. The Kier molecular flexibility index (Phi) is 6.72. The van der Waals surface area contributed by atoms with Gasteiger partial charge in [0.1, 0.15) is 0 Å². The van der Waals surface area contributed by atoms with Crippen LogP contribution in [0, 0.1) is 6.92 Å². The van der Waals surface area contributed by atoms with E-state index in [1.165, 1.54) is 22.2 Å². The first kappa shape index (κ1) is 21.8. The van der Waals surface area contributed by atoms with E-state index in [-0.39, 0.29) is 5.91 Å². The van der Waals surface area contributed by atoms with Crippen molar-refractivity contribution >= 4 is 22.5 Å². The van der Waals surface area contributed by atoms with Gasteiger partial charge in [-0.3, -0.25) is 4.79 Å². The van der Waals surface area contributed by atoms with Crippen molar-refractivity contribution in [2.45, 2.75) is 26.3 Å². The molecular weight excluding hydrogens is 394 g/mol. The number of anilines is 1. The third-order valence-corrected chi connectivity index (χ3v) is 5.79. The number of aromatic nitrogens is 1. The minimum absolute atomic E-state index is 0.0843. The first-order valence-electron chi connectivity index (χ1n) is 11.2. The molecule has 4 heteroatoms. The van der Waals surface area contributed by atoms with Crippen LogP contribution in [0.1, 0.15) is 33.6 Å². The van der Waals surface area contributed by atoms with E-state index >= 15 is 0 Å². The normalized spacial score (nSPS) is 11.2. The molecule has 0 bridgehead atoms. The molecule has 0 unspecified atom stereocenters. The van der Waals surface area contributed by atoms with Gasteiger partial charge in [-0.1, -0.05) is 36.4 Å². The quantitative estimate of drug-likeness (QED) is 0.391. The van der Waals surface area contributed by atoms with Gasteiger partial charge >= 0.3 is 0 Å². The standard InChI is InChI=1S/C28H31N3O/c1-21-17-25-20-23(13-14-27(25)31(21)16-8-15-30(2)3)18-22-9-7-10-24(19-22)28(32)29-26-11-5-4-6-12-26/h4-7,9-14,17,19-20H,8,15-16,18H2,1-3H3,(H,29,32). The number of para-hydroxylation sites is 1. The van der Waals surface area contributed by atoms with E-state index in [0.717, 1.165) is 37.2 Å². The highest BCUT2D eigenvalue weighted by molar-refractivity contribution is 6.04. The molecule has 164 valence electrons. The number of nitrogens with one attached hydrogen (secondary N) is 1. The van der Waals surface area contributed by atoms with Gasteiger partial charge in [-0.25, -0.2) is 0 Å². The van der Waals surface area contributed by atoms with Crippen LogP contribution >= 0.6 is 0 Å². The van der Waals surface area contributed by atoms with Crippen LogP contribution in [0.4, 0.5) is 5.69 Å². The molecule has 32 heavy (non-hydrogen) atoms. The Bertz CT molecular complexity index is 1210. The van der Waals surface area contributed by atoms with Crippen LogP contribution in [-0.2, 0) is 13.0 Å². The fraction of sp³-hybridized carbons (Fsp3) is 0.250. The lowest BCUT2D eigenvalue weighted by molar-refractivity contribution is 0.102. The van der Waals surface area contributed by atoms with Crippen LogP contribution in [0.15, 0.2) is 78.9 Å². The summed E-state index contributed by atoms with van der Waals surface area (Å²) in [5.41, 5.74) is 6.46. The third-order valence-electron chi connectivity index (χ3n) is 5.79. The molecule has 4 nitrogen and oxygen atoms in total. The van der Waals surface area contributed by atoms with Crippen molar-refractivity contribution in [2.75, 3.05) is 26.0 Å². The fourth-order valence-corrected chi connectivity index (χ4v) is 4.19. The maximum atomic E-state index is 12.6. The Hall–Kier alpha value is -3.37. The average molecular weight is 426 g/mol. The van der Waals surface area contributed by atoms with Crippen molar-refractivity contribution in [3.63, 3.8) is 0 Å². The van der Waals surface area contributed by atoms with Crippen LogP contribution in [0.3, 0.4) is 0 Å². The summed E-state index contributed by atoms with van der Waals surface area (Å²) in [6.45, 7) is 4.31. The lowest BCUT2D eigenvalue weighted by atomic mass is 10.0. The first-order valence-corrected chi connectivity index (χ1v) is 11.2. The molecule has 0 fully saturated rings. The van der Waals surface area contributed by atoms with Gasteiger partial charge in [0.05, 0.1) is 0 Å². The zero-order valence-electron chi connectivity index (χ0n) is 19.1. The molecule has 1 aromatic heterocycles. The average Bonchev–Trinajstić information content (AvgIpc) is 3.09. The highest BCUT2D eigenvalue weighted by Gasteiger charge is 2.09. The van der Waals surface area contributed by atoms with E-state index in [1.807, 2.05) is 48.5 Å². The second-order valence-electron chi connectivity index (χ2n) is 8.68. The van der Waals surface area contributed by atoms with Gasteiger partial charge in [0, 0.05) is 34.4 Å². The summed E-state index contributed by atoms with van der Waals surface area (Å²) in [4.78, 5) is 14.9. The molecule has 0 atom stereocenters. The number of aryl methyl sites for hydroxylation is 2. The van der Waals surface area contributed by atoms with Gasteiger partial charge in [-0.05, 0) is 94.0 Å².